The van der Waals surface area contributed by atoms with Gasteiger partial charge >= 0.3 is 0 Å². The van der Waals surface area contributed by atoms with Crippen molar-refractivity contribution in [2.45, 2.75) is 25.8 Å². The Kier molecular flexibility index (Phi) is 2.87. The topological polar surface area (TPSA) is 52.1 Å². The van der Waals surface area contributed by atoms with Crippen LogP contribution in [0.2, 0.25) is 0 Å². The van der Waals surface area contributed by atoms with E-state index in [9.17, 15) is 5.11 Å². The number of imidazole rings is 1. The minimum absolute atomic E-state index is 0.0479. The summed E-state index contributed by atoms with van der Waals surface area (Å²) in [6, 6.07) is 6.65. The van der Waals surface area contributed by atoms with Gasteiger partial charge in [-0.3, -0.25) is 0 Å². The van der Waals surface area contributed by atoms with E-state index < -0.39 is 0 Å². The first-order valence-electron chi connectivity index (χ1n) is 6.79. The number of aryl methyl sites for hydroxylation is 1. The van der Waals surface area contributed by atoms with Crippen molar-refractivity contribution >= 4 is 11.0 Å². The van der Waals surface area contributed by atoms with Crippen LogP contribution in [0.5, 0.6) is 0 Å². The maximum atomic E-state index is 9.71. The van der Waals surface area contributed by atoms with Gasteiger partial charge in [-0.2, -0.15) is 0 Å². The van der Waals surface area contributed by atoms with Crippen LogP contribution in [0.4, 0.5) is 0 Å². The van der Waals surface area contributed by atoms with Gasteiger partial charge in [0.25, 0.3) is 0 Å². The van der Waals surface area contributed by atoms with Crippen LogP contribution in [0.1, 0.15) is 30.3 Å². The van der Waals surface area contributed by atoms with Crippen molar-refractivity contribution in [1.82, 2.24) is 14.9 Å². The average molecular weight is 259 g/mol. The lowest BCUT2D eigenvalue weighted by Gasteiger charge is -2.32. The second-order valence-corrected chi connectivity index (χ2v) is 5.99. The number of hydrogen-bond donors (Lipinski definition) is 2. The third-order valence-electron chi connectivity index (χ3n) is 4.24. The molecule has 1 aliphatic rings. The van der Waals surface area contributed by atoms with E-state index in [1.54, 1.807) is 0 Å². The van der Waals surface area contributed by atoms with Gasteiger partial charge in [0.1, 0.15) is 5.82 Å². The van der Waals surface area contributed by atoms with Crippen LogP contribution in [0, 0.1) is 12.3 Å². The minimum atomic E-state index is 0.0479. The second kappa shape index (κ2) is 4.32. The maximum Gasteiger partial charge on any atom is 0.104 e. The smallest absolute Gasteiger partial charge is 0.104 e. The predicted octanol–water partition coefficient (Wildman–Crippen LogP) is 2.25. The SMILES string of the molecule is Cc1nc2ccc(C(N(C)C)C3(CO)CC3)cc2[nH]1. The molecule has 1 heterocycles. The van der Waals surface area contributed by atoms with Crippen LogP contribution in [-0.2, 0) is 0 Å². The third kappa shape index (κ3) is 2.05. The van der Waals surface area contributed by atoms with Crippen LogP contribution in [0.25, 0.3) is 11.0 Å². The van der Waals surface area contributed by atoms with Gasteiger partial charge < -0.3 is 15.0 Å². The zero-order valence-electron chi connectivity index (χ0n) is 11.8. The molecule has 0 aliphatic heterocycles. The lowest BCUT2D eigenvalue weighted by atomic mass is 9.89. The Morgan fingerprint density at radius 3 is 2.74 bits per heavy atom. The van der Waals surface area contributed by atoms with E-state index in [0.717, 1.165) is 29.7 Å². The van der Waals surface area contributed by atoms with E-state index in [2.05, 4.69) is 47.2 Å². The number of rotatable bonds is 4. The molecule has 1 unspecified atom stereocenters. The first kappa shape index (κ1) is 12.6. The summed E-state index contributed by atoms with van der Waals surface area (Å²) in [6.45, 7) is 2.23. The highest BCUT2D eigenvalue weighted by Crippen LogP contribution is 2.56. The average Bonchev–Trinajstić information content (AvgIpc) is 3.04. The van der Waals surface area contributed by atoms with Gasteiger partial charge in [-0.25, -0.2) is 4.98 Å². The van der Waals surface area contributed by atoms with Crippen LogP contribution in [-0.4, -0.2) is 40.7 Å². The summed E-state index contributed by atoms with van der Waals surface area (Å²) >= 11 is 0. The van der Waals surface area contributed by atoms with Crippen LogP contribution >= 0.6 is 0 Å². The highest BCUT2D eigenvalue weighted by molar-refractivity contribution is 5.76. The standard InChI is InChI=1S/C15H21N3O/c1-10-16-12-5-4-11(8-13(12)17-10)14(18(2)3)15(9-19)6-7-15/h4-5,8,14,19H,6-7,9H2,1-3H3,(H,16,17). The molecule has 1 saturated carbocycles. The van der Waals surface area contributed by atoms with Crippen LogP contribution in [0.3, 0.4) is 0 Å². The van der Waals surface area contributed by atoms with E-state index in [-0.39, 0.29) is 18.1 Å². The molecule has 1 aromatic carbocycles. The molecule has 1 atom stereocenters. The molecule has 0 bridgehead atoms. The van der Waals surface area contributed by atoms with E-state index in [4.69, 9.17) is 0 Å². The van der Waals surface area contributed by atoms with Crippen LogP contribution < -0.4 is 0 Å². The summed E-state index contributed by atoms with van der Waals surface area (Å²) in [4.78, 5) is 9.94. The number of nitrogens with zero attached hydrogens (tertiary/aromatic N) is 2. The van der Waals surface area contributed by atoms with Gasteiger partial charge in [0.05, 0.1) is 17.6 Å². The molecule has 0 saturated heterocycles. The first-order valence-corrected chi connectivity index (χ1v) is 6.79. The first-order chi connectivity index (χ1) is 9.05. The number of hydrogen-bond acceptors (Lipinski definition) is 3. The maximum absolute atomic E-state index is 9.71. The quantitative estimate of drug-likeness (QED) is 0.885. The second-order valence-electron chi connectivity index (χ2n) is 5.99. The molecule has 19 heavy (non-hydrogen) atoms. The molecule has 3 rings (SSSR count). The fourth-order valence-corrected chi connectivity index (χ4v) is 3.20. The monoisotopic (exact) mass is 259 g/mol. The van der Waals surface area contributed by atoms with Crippen molar-refractivity contribution < 1.29 is 5.11 Å². The van der Waals surface area contributed by atoms with Gasteiger partial charge in [0.15, 0.2) is 0 Å². The Morgan fingerprint density at radius 2 is 2.16 bits per heavy atom. The van der Waals surface area contributed by atoms with Crippen molar-refractivity contribution in [1.29, 1.82) is 0 Å². The Morgan fingerprint density at radius 1 is 1.42 bits per heavy atom. The number of aromatic nitrogens is 2. The van der Waals surface area contributed by atoms with E-state index in [1.165, 1.54) is 5.56 Å². The minimum Gasteiger partial charge on any atom is -0.396 e. The Labute approximate surface area is 113 Å². The third-order valence-corrected chi connectivity index (χ3v) is 4.24. The van der Waals surface area contributed by atoms with E-state index in [1.807, 2.05) is 6.92 Å². The lowest BCUT2D eigenvalue weighted by Crippen LogP contribution is -2.30. The highest BCUT2D eigenvalue weighted by Gasteiger charge is 2.50. The number of aliphatic hydroxyl groups is 1. The summed E-state index contributed by atoms with van der Waals surface area (Å²) in [6.07, 6.45) is 2.21. The number of aliphatic hydroxyl groups excluding tert-OH is 1. The molecule has 102 valence electrons. The summed E-state index contributed by atoms with van der Waals surface area (Å²) < 4.78 is 0. The number of benzene rings is 1. The van der Waals surface area contributed by atoms with E-state index >= 15 is 0 Å². The molecule has 4 nitrogen and oxygen atoms in total. The Balaban J connectivity index is 2.05. The molecular weight excluding hydrogens is 238 g/mol. The summed E-state index contributed by atoms with van der Waals surface area (Å²) in [5.41, 5.74) is 3.39. The molecule has 1 aromatic heterocycles. The molecule has 1 aliphatic carbocycles. The lowest BCUT2D eigenvalue weighted by molar-refractivity contribution is 0.116. The van der Waals surface area contributed by atoms with Gasteiger partial charge in [0.2, 0.25) is 0 Å². The Hall–Kier alpha value is -1.39. The molecule has 0 radical (unpaired) electrons. The molecule has 0 spiro atoms. The van der Waals surface area contributed by atoms with Gasteiger partial charge in [0, 0.05) is 11.5 Å². The van der Waals surface area contributed by atoms with Crippen LogP contribution in [0.15, 0.2) is 18.2 Å². The molecule has 1 fully saturated rings. The number of nitrogens with one attached hydrogen (secondary N) is 1. The Bertz CT molecular complexity index is 598. The zero-order chi connectivity index (χ0) is 13.6. The largest absolute Gasteiger partial charge is 0.396 e. The number of H-pyrrole nitrogens is 1. The summed E-state index contributed by atoms with van der Waals surface area (Å²) in [7, 11) is 4.17. The summed E-state index contributed by atoms with van der Waals surface area (Å²) in [5.74, 6) is 0.942. The fraction of sp³-hybridized carbons (Fsp3) is 0.533. The van der Waals surface area contributed by atoms with Crippen molar-refractivity contribution in [2.75, 3.05) is 20.7 Å². The predicted molar refractivity (Wildman–Crippen MR) is 76.0 cm³/mol. The molecule has 0 amide bonds. The van der Waals surface area contributed by atoms with Crippen molar-refractivity contribution in [2.24, 2.45) is 5.41 Å². The fourth-order valence-electron chi connectivity index (χ4n) is 3.20. The number of aromatic amines is 1. The van der Waals surface area contributed by atoms with Gasteiger partial charge in [-0.15, -0.1) is 0 Å². The highest BCUT2D eigenvalue weighted by atomic mass is 16.3. The zero-order valence-corrected chi connectivity index (χ0v) is 11.8. The van der Waals surface area contributed by atoms with Crippen molar-refractivity contribution in [3.8, 4) is 0 Å². The summed E-state index contributed by atoms with van der Waals surface area (Å²) in [5, 5.41) is 9.71. The molecular formula is C15H21N3O. The van der Waals surface area contributed by atoms with Gasteiger partial charge in [-0.05, 0) is 51.6 Å². The van der Waals surface area contributed by atoms with Gasteiger partial charge in [-0.1, -0.05) is 6.07 Å². The normalized spacial score (nSPS) is 19.0. The molecule has 4 heteroatoms. The van der Waals surface area contributed by atoms with Crippen molar-refractivity contribution in [3.63, 3.8) is 0 Å². The molecule has 2 N–H and O–H groups in total. The van der Waals surface area contributed by atoms with E-state index in [0.29, 0.717) is 0 Å². The number of fused-ring (bicyclic) bond motifs is 1. The molecule has 2 aromatic rings. The van der Waals surface area contributed by atoms with Crippen molar-refractivity contribution in [3.05, 3.63) is 29.6 Å².